The number of amides is 2. The topological polar surface area (TPSA) is 93.0 Å². The Kier molecular flexibility index (Phi) is 5.14. The molecule has 2 heterocycles. The summed E-state index contributed by atoms with van der Waals surface area (Å²) >= 11 is 0. The van der Waals surface area contributed by atoms with E-state index in [1.807, 2.05) is 61.5 Å². The molecule has 166 valence electrons. The van der Waals surface area contributed by atoms with Gasteiger partial charge in [-0.2, -0.15) is 0 Å². The molecule has 2 saturated heterocycles. The van der Waals surface area contributed by atoms with Gasteiger partial charge in [0.1, 0.15) is 5.92 Å². The lowest BCUT2D eigenvalue weighted by Gasteiger charge is -2.28. The molecule has 2 amide bonds. The number of fused-ring (bicyclic) bond motifs is 1. The third-order valence-corrected chi connectivity index (χ3v) is 6.10. The minimum absolute atomic E-state index is 0.0980. The number of rotatable bonds is 5. The third kappa shape index (κ3) is 3.64. The van der Waals surface area contributed by atoms with Gasteiger partial charge in [-0.05, 0) is 24.1 Å². The standard InChI is InChI=1S/C25H21N3O5/c1-16-10-12-18(13-11-16)22-21-23(33-27(22)19-8-5-9-20(14-19)28(31)32)25(30)26(24(21)29)15-17-6-3-2-4-7-17/h2-14,21-23H,15H2,1H3/t21-,22+,23+/m0/s1. The van der Waals surface area contributed by atoms with Gasteiger partial charge in [-0.15, -0.1) is 0 Å². The summed E-state index contributed by atoms with van der Waals surface area (Å²) in [5.74, 6) is -1.48. The zero-order chi connectivity index (χ0) is 23.1. The molecule has 2 fully saturated rings. The van der Waals surface area contributed by atoms with Crippen LogP contribution >= 0.6 is 0 Å². The van der Waals surface area contributed by atoms with Crippen LogP contribution in [0.4, 0.5) is 11.4 Å². The van der Waals surface area contributed by atoms with Gasteiger partial charge >= 0.3 is 0 Å². The summed E-state index contributed by atoms with van der Waals surface area (Å²) in [6, 6.07) is 22.4. The van der Waals surface area contributed by atoms with E-state index in [2.05, 4.69) is 0 Å². The maximum Gasteiger partial charge on any atom is 0.271 e. The molecule has 3 aromatic rings. The number of benzene rings is 3. The average molecular weight is 443 g/mol. The first-order chi connectivity index (χ1) is 15.9. The van der Waals surface area contributed by atoms with E-state index in [0.717, 1.165) is 16.7 Å². The summed E-state index contributed by atoms with van der Waals surface area (Å²) in [5.41, 5.74) is 3.01. The van der Waals surface area contributed by atoms with Gasteiger partial charge in [0.25, 0.3) is 11.6 Å². The van der Waals surface area contributed by atoms with Gasteiger partial charge in [0, 0.05) is 12.1 Å². The van der Waals surface area contributed by atoms with Crippen molar-refractivity contribution in [2.75, 3.05) is 5.06 Å². The molecule has 2 aliphatic rings. The Morgan fingerprint density at radius 1 is 0.939 bits per heavy atom. The lowest BCUT2D eigenvalue weighted by molar-refractivity contribution is -0.384. The Bertz CT molecular complexity index is 1230. The SMILES string of the molecule is Cc1ccc([C@@H]2[C@@H]3C(=O)N(Cc4ccccc4)C(=O)[C@@H]3ON2c2cccc([N+](=O)[O-])c2)cc1. The zero-order valence-electron chi connectivity index (χ0n) is 17.8. The maximum absolute atomic E-state index is 13.5. The molecular weight excluding hydrogens is 422 g/mol. The Morgan fingerprint density at radius 2 is 1.67 bits per heavy atom. The Labute approximate surface area is 190 Å². The molecule has 5 rings (SSSR count). The highest BCUT2D eigenvalue weighted by molar-refractivity contribution is 6.07. The number of anilines is 1. The minimum Gasteiger partial charge on any atom is -0.275 e. The van der Waals surface area contributed by atoms with Crippen LogP contribution in [-0.4, -0.2) is 27.7 Å². The van der Waals surface area contributed by atoms with Crippen molar-refractivity contribution < 1.29 is 19.3 Å². The molecule has 0 N–H and O–H groups in total. The van der Waals surface area contributed by atoms with Crippen molar-refractivity contribution in [2.45, 2.75) is 25.6 Å². The van der Waals surface area contributed by atoms with Crippen molar-refractivity contribution in [1.82, 2.24) is 4.90 Å². The van der Waals surface area contributed by atoms with E-state index in [9.17, 15) is 19.7 Å². The lowest BCUT2D eigenvalue weighted by atomic mass is 9.90. The largest absolute Gasteiger partial charge is 0.275 e. The number of carbonyl (C=O) groups excluding carboxylic acids is 2. The highest BCUT2D eigenvalue weighted by Crippen LogP contribution is 2.47. The number of nitro benzene ring substituents is 1. The molecule has 3 aromatic carbocycles. The van der Waals surface area contributed by atoms with E-state index >= 15 is 0 Å². The first-order valence-electron chi connectivity index (χ1n) is 10.6. The molecular formula is C25H21N3O5. The third-order valence-electron chi connectivity index (χ3n) is 6.10. The monoisotopic (exact) mass is 443 g/mol. The number of imide groups is 1. The van der Waals surface area contributed by atoms with Crippen LogP contribution in [0.2, 0.25) is 0 Å². The van der Waals surface area contributed by atoms with Gasteiger partial charge in [0.15, 0.2) is 6.10 Å². The second-order valence-corrected chi connectivity index (χ2v) is 8.26. The van der Waals surface area contributed by atoms with Crippen LogP contribution in [0.15, 0.2) is 78.9 Å². The number of carbonyl (C=O) groups is 2. The first kappa shape index (κ1) is 20.8. The Balaban J connectivity index is 1.54. The number of non-ortho nitro benzene ring substituents is 1. The van der Waals surface area contributed by atoms with Gasteiger partial charge < -0.3 is 0 Å². The second kappa shape index (κ2) is 8.14. The van der Waals surface area contributed by atoms with Crippen LogP contribution in [0.3, 0.4) is 0 Å². The number of hydroxylamine groups is 1. The van der Waals surface area contributed by atoms with E-state index in [0.29, 0.717) is 5.69 Å². The van der Waals surface area contributed by atoms with E-state index in [1.165, 1.54) is 22.1 Å². The number of likely N-dealkylation sites (tertiary alicyclic amines) is 1. The number of nitro groups is 1. The summed E-state index contributed by atoms with van der Waals surface area (Å²) in [4.78, 5) is 44.8. The highest BCUT2D eigenvalue weighted by Gasteiger charge is 2.59. The van der Waals surface area contributed by atoms with Crippen LogP contribution in [0.1, 0.15) is 22.7 Å². The van der Waals surface area contributed by atoms with E-state index in [-0.39, 0.29) is 18.1 Å². The second-order valence-electron chi connectivity index (χ2n) is 8.26. The first-order valence-corrected chi connectivity index (χ1v) is 10.6. The number of nitrogens with zero attached hydrogens (tertiary/aromatic N) is 3. The molecule has 0 radical (unpaired) electrons. The smallest absolute Gasteiger partial charge is 0.271 e. The van der Waals surface area contributed by atoms with Gasteiger partial charge in [0.2, 0.25) is 5.91 Å². The maximum atomic E-state index is 13.5. The fraction of sp³-hybridized carbons (Fsp3) is 0.200. The summed E-state index contributed by atoms with van der Waals surface area (Å²) in [6.07, 6.45) is -0.994. The molecule has 8 heteroatoms. The molecule has 0 saturated carbocycles. The number of hydrogen-bond donors (Lipinski definition) is 0. The van der Waals surface area contributed by atoms with Crippen molar-refractivity contribution in [3.05, 3.63) is 106 Å². The van der Waals surface area contributed by atoms with Gasteiger partial charge in [0.05, 0.1) is 23.2 Å². The molecule has 2 aliphatic heterocycles. The fourth-order valence-electron chi connectivity index (χ4n) is 4.46. The molecule has 8 nitrogen and oxygen atoms in total. The van der Waals surface area contributed by atoms with Crippen molar-refractivity contribution in [1.29, 1.82) is 0 Å². The number of aryl methyl sites for hydroxylation is 1. The Hall–Kier alpha value is -4.04. The predicted molar refractivity (Wildman–Crippen MR) is 120 cm³/mol. The molecule has 33 heavy (non-hydrogen) atoms. The van der Waals surface area contributed by atoms with Crippen LogP contribution in [0.5, 0.6) is 0 Å². The molecule has 3 atom stereocenters. The summed E-state index contributed by atoms with van der Waals surface area (Å²) in [5, 5.41) is 12.8. The average Bonchev–Trinajstić information content (AvgIpc) is 3.32. The predicted octanol–water partition coefficient (Wildman–Crippen LogP) is 3.95. The molecule has 0 unspecified atom stereocenters. The van der Waals surface area contributed by atoms with Gasteiger partial charge in [-0.1, -0.05) is 66.2 Å². The van der Waals surface area contributed by atoms with Crippen LogP contribution in [0.25, 0.3) is 0 Å². The van der Waals surface area contributed by atoms with E-state index < -0.39 is 28.9 Å². The summed E-state index contributed by atoms with van der Waals surface area (Å²) in [6.45, 7) is 2.13. The fourth-order valence-corrected chi connectivity index (χ4v) is 4.46. The molecule has 0 aliphatic carbocycles. The van der Waals surface area contributed by atoms with Crippen molar-refractivity contribution in [2.24, 2.45) is 5.92 Å². The van der Waals surface area contributed by atoms with Crippen LogP contribution in [-0.2, 0) is 21.0 Å². The summed E-state index contributed by atoms with van der Waals surface area (Å²) < 4.78 is 0. The van der Waals surface area contributed by atoms with Crippen molar-refractivity contribution in [3.8, 4) is 0 Å². The van der Waals surface area contributed by atoms with Crippen LogP contribution in [0, 0.1) is 23.0 Å². The zero-order valence-corrected chi connectivity index (χ0v) is 17.8. The molecule has 0 aromatic heterocycles. The van der Waals surface area contributed by atoms with E-state index in [4.69, 9.17) is 4.84 Å². The van der Waals surface area contributed by atoms with E-state index in [1.54, 1.807) is 12.1 Å². The van der Waals surface area contributed by atoms with Crippen molar-refractivity contribution >= 4 is 23.2 Å². The highest BCUT2D eigenvalue weighted by atomic mass is 16.7. The quantitative estimate of drug-likeness (QED) is 0.337. The Morgan fingerprint density at radius 3 is 2.36 bits per heavy atom. The van der Waals surface area contributed by atoms with Gasteiger partial charge in [-0.25, -0.2) is 5.06 Å². The minimum atomic E-state index is -0.994. The molecule has 0 spiro atoms. The normalized spacial score (nSPS) is 22.0. The van der Waals surface area contributed by atoms with Gasteiger partial charge in [-0.3, -0.25) is 29.4 Å². The lowest BCUT2D eigenvalue weighted by Crippen LogP contribution is -2.37. The van der Waals surface area contributed by atoms with Crippen LogP contribution < -0.4 is 5.06 Å². The summed E-state index contributed by atoms with van der Waals surface area (Å²) in [7, 11) is 0. The molecule has 0 bridgehead atoms. The number of hydrogen-bond acceptors (Lipinski definition) is 6. The van der Waals surface area contributed by atoms with Crippen molar-refractivity contribution in [3.63, 3.8) is 0 Å².